The average molecular weight is 1250 g/mol. The third kappa shape index (κ3) is 12.9. The van der Waals surface area contributed by atoms with Crippen LogP contribution in [-0.4, -0.2) is 95.1 Å². The number of ether oxygens (including phenoxy) is 5. The van der Waals surface area contributed by atoms with Crippen molar-refractivity contribution in [2.75, 3.05) is 32.8 Å². The zero-order valence-corrected chi connectivity index (χ0v) is 52.5. The second-order valence-corrected chi connectivity index (χ2v) is 29.0. The Kier molecular flexibility index (Phi) is 18.8. The van der Waals surface area contributed by atoms with Crippen LogP contribution in [0, 0.1) is 18.3 Å². The molecule has 0 aliphatic carbocycles. The molecule has 462 valence electrons. The van der Waals surface area contributed by atoms with E-state index in [1.165, 1.54) is 29.2 Å². The van der Waals surface area contributed by atoms with Crippen molar-refractivity contribution in [3.63, 3.8) is 0 Å². The predicted molar refractivity (Wildman–Crippen MR) is 341 cm³/mol. The normalized spacial score (nSPS) is 19.3. The molecule has 3 aromatic heterocycles. The number of carbonyl (C=O) groups excluding carboxylic acids is 1. The van der Waals surface area contributed by atoms with Gasteiger partial charge in [0.15, 0.2) is 17.0 Å². The maximum atomic E-state index is 16.1. The number of amides is 1. The standard InChI is InChI=1S/C68H69N8O12PSi/c1-46-42-75(66(79)74-64(46)77)59-41-57(88-90(67(2,3)4,53-24-15-9-16-25-53)54-26-17-10-18-27-54)55(85-59)36-39-89(80,84-38-19-37-69)87-56-40-60(76-45-72-61-62(70-44-71-63(61)76)73-65(78)47-20-11-7-12-21-47)86-58(56)43-83-68(48-22-13-8-14-23-48,49-28-32-51(81-5)33-29-49)50-30-34-52(82-6)35-31-50/h7-18,20-36,39,42,44-45,55-60H,19,38,40-41,43H2,1-6H3,(H,74,77,79)(H,70,71,73,78)/b39-36+/t55-,56+,57+,58-,59-,60-,89?/m1/s1. The molecule has 2 aliphatic heterocycles. The number of anilines is 1. The number of benzene rings is 6. The molecule has 0 bridgehead atoms. The van der Waals surface area contributed by atoms with Gasteiger partial charge in [-0.05, 0) is 81.5 Å². The number of imidazole rings is 1. The topological polar surface area (TPSA) is 242 Å². The van der Waals surface area contributed by atoms with E-state index < -0.39 is 80.6 Å². The molecule has 22 heteroatoms. The molecule has 7 atom stereocenters. The molecule has 5 heterocycles. The van der Waals surface area contributed by atoms with Crippen molar-refractivity contribution in [3.05, 3.63) is 249 Å². The number of H-pyrrole nitrogens is 1. The number of methoxy groups -OCH3 is 2. The van der Waals surface area contributed by atoms with Gasteiger partial charge < -0.3 is 38.0 Å². The van der Waals surface area contributed by atoms with Gasteiger partial charge in [0.05, 0.1) is 52.4 Å². The first-order valence-electron chi connectivity index (χ1n) is 29.5. The third-order valence-electron chi connectivity index (χ3n) is 16.3. The highest BCUT2D eigenvalue weighted by atomic mass is 31.2. The Labute approximate surface area is 521 Å². The van der Waals surface area contributed by atoms with Gasteiger partial charge in [-0.2, -0.15) is 5.26 Å². The lowest BCUT2D eigenvalue weighted by Gasteiger charge is -2.45. The van der Waals surface area contributed by atoms with E-state index >= 15 is 4.57 Å². The number of nitriles is 1. The van der Waals surface area contributed by atoms with E-state index in [0.29, 0.717) is 28.3 Å². The smallest absolute Gasteiger partial charge is 0.354 e. The molecular weight excluding hydrogens is 1180 g/mol. The minimum Gasteiger partial charge on any atom is -0.497 e. The summed E-state index contributed by atoms with van der Waals surface area (Å²) in [6, 6.07) is 55.8. The van der Waals surface area contributed by atoms with Crippen molar-refractivity contribution >= 4 is 49.2 Å². The fourth-order valence-corrected chi connectivity index (χ4v) is 18.1. The minimum absolute atomic E-state index is 0.0219. The van der Waals surface area contributed by atoms with E-state index in [2.05, 4.69) is 76.4 Å². The van der Waals surface area contributed by atoms with Crippen molar-refractivity contribution < 1.29 is 46.5 Å². The van der Waals surface area contributed by atoms with Crippen LogP contribution in [0.1, 0.15) is 85.1 Å². The van der Waals surface area contributed by atoms with E-state index in [1.54, 1.807) is 56.1 Å². The second kappa shape index (κ2) is 27.0. The number of rotatable bonds is 23. The summed E-state index contributed by atoms with van der Waals surface area (Å²) in [7, 11) is -4.68. The van der Waals surface area contributed by atoms with Crippen molar-refractivity contribution in [2.45, 2.75) is 94.5 Å². The monoisotopic (exact) mass is 1250 g/mol. The zero-order valence-electron chi connectivity index (χ0n) is 50.6. The molecule has 2 aliphatic rings. The van der Waals surface area contributed by atoms with Gasteiger partial charge in [0.25, 0.3) is 19.8 Å². The summed E-state index contributed by atoms with van der Waals surface area (Å²) in [5, 5.41) is 14.2. The van der Waals surface area contributed by atoms with E-state index in [9.17, 15) is 19.6 Å². The molecule has 2 fully saturated rings. The molecule has 90 heavy (non-hydrogen) atoms. The number of fused-ring (bicyclic) bond motifs is 1. The van der Waals surface area contributed by atoms with Crippen molar-refractivity contribution in [1.29, 1.82) is 5.26 Å². The van der Waals surface area contributed by atoms with E-state index in [-0.39, 0.29) is 43.8 Å². The van der Waals surface area contributed by atoms with E-state index in [1.807, 2.05) is 121 Å². The largest absolute Gasteiger partial charge is 0.497 e. The van der Waals surface area contributed by atoms with Crippen molar-refractivity contribution in [3.8, 4) is 17.6 Å². The highest BCUT2D eigenvalue weighted by Crippen LogP contribution is 2.55. The lowest BCUT2D eigenvalue weighted by Crippen LogP contribution is -2.68. The number of aryl methyl sites for hydroxylation is 1. The summed E-state index contributed by atoms with van der Waals surface area (Å²) in [4.78, 5) is 56.0. The number of nitrogens with one attached hydrogen (secondary N) is 2. The molecular formula is C68H69N8O12PSi. The quantitative estimate of drug-likeness (QED) is 0.0262. The van der Waals surface area contributed by atoms with Gasteiger partial charge >= 0.3 is 13.3 Å². The highest BCUT2D eigenvalue weighted by molar-refractivity contribution is 7.57. The number of nitrogens with zero attached hydrogens (tertiary/aromatic N) is 6. The summed E-state index contributed by atoms with van der Waals surface area (Å²) in [6.07, 6.45) is 0.117. The van der Waals surface area contributed by atoms with E-state index in [4.69, 9.17) is 37.2 Å². The summed E-state index contributed by atoms with van der Waals surface area (Å²) < 4.78 is 72.5. The van der Waals surface area contributed by atoms with Gasteiger partial charge in [-0.15, -0.1) is 0 Å². The number of aromatic nitrogens is 6. The van der Waals surface area contributed by atoms with Crippen LogP contribution in [0.5, 0.6) is 11.5 Å². The Morgan fingerprint density at radius 3 is 1.91 bits per heavy atom. The van der Waals surface area contributed by atoms with Crippen molar-refractivity contribution in [2.24, 2.45) is 0 Å². The van der Waals surface area contributed by atoms with Crippen LogP contribution in [0.4, 0.5) is 5.82 Å². The van der Waals surface area contributed by atoms with Crippen LogP contribution >= 0.6 is 7.60 Å². The molecule has 9 aromatic rings. The fourth-order valence-electron chi connectivity index (χ4n) is 11.9. The maximum Gasteiger partial charge on any atom is 0.354 e. The summed E-state index contributed by atoms with van der Waals surface area (Å²) in [6.45, 7) is 7.57. The van der Waals surface area contributed by atoms with Gasteiger partial charge in [0.1, 0.15) is 54.2 Å². The van der Waals surface area contributed by atoms with Crippen LogP contribution in [0.25, 0.3) is 11.2 Å². The SMILES string of the molecule is COc1ccc(C(OC[C@H]2O[C@@H](n3cnc4c(NC(=O)c5ccccc5)ncnc43)C[C@@H]2OP(=O)(/C=C/[C@H]2O[C@@H](n3cc(C)c(=O)[nH]c3=O)C[C@@H]2O[Si](c2ccccc2)(c2ccccc2)C(C)(C)C)OCCC#N)(c2ccccc2)c2ccc(OC)cc2)cc1. The number of hydrogen-bond donors (Lipinski definition) is 2. The molecule has 20 nitrogen and oxygen atoms in total. The lowest BCUT2D eigenvalue weighted by molar-refractivity contribution is -0.0910. The molecule has 1 amide bonds. The number of carbonyl (C=O) groups is 1. The van der Waals surface area contributed by atoms with Gasteiger partial charge in [-0.1, -0.05) is 154 Å². The van der Waals surface area contributed by atoms with Crippen LogP contribution in [-0.2, 0) is 37.9 Å². The highest BCUT2D eigenvalue weighted by Gasteiger charge is 2.54. The first-order valence-corrected chi connectivity index (χ1v) is 33.0. The van der Waals surface area contributed by atoms with Gasteiger partial charge in [0.2, 0.25) is 0 Å². The Balaban J connectivity index is 1.00. The average Bonchev–Trinajstić information content (AvgIpc) is 0.888. The Hall–Kier alpha value is -8.94. The second-order valence-electron chi connectivity index (χ2n) is 22.9. The molecule has 0 spiro atoms. The van der Waals surface area contributed by atoms with Gasteiger partial charge in [-0.25, -0.2) is 19.7 Å². The zero-order chi connectivity index (χ0) is 63.0. The van der Waals surface area contributed by atoms with E-state index in [0.717, 1.165) is 27.1 Å². The molecule has 2 N–H and O–H groups in total. The third-order valence-corrected chi connectivity index (χ3v) is 23.0. The van der Waals surface area contributed by atoms with Crippen molar-refractivity contribution in [1.82, 2.24) is 29.1 Å². The van der Waals surface area contributed by atoms with Crippen LogP contribution in [0.15, 0.2) is 210 Å². The van der Waals surface area contributed by atoms with Crippen LogP contribution < -0.4 is 36.4 Å². The Morgan fingerprint density at radius 1 is 0.756 bits per heavy atom. The minimum atomic E-state index is -4.52. The summed E-state index contributed by atoms with van der Waals surface area (Å²) in [5.41, 5.74) is 1.02. The number of hydrogen-bond acceptors (Lipinski definition) is 16. The Bertz CT molecular complexity index is 4100. The number of aromatic amines is 1. The summed E-state index contributed by atoms with van der Waals surface area (Å²) >= 11 is 0. The fraction of sp³-hybridized carbons (Fsp3) is 0.279. The van der Waals surface area contributed by atoms with Gasteiger partial charge in [0, 0.05) is 36.0 Å². The van der Waals surface area contributed by atoms with Gasteiger partial charge in [-0.3, -0.25) is 32.8 Å². The van der Waals surface area contributed by atoms with Crippen LogP contribution in [0.2, 0.25) is 5.04 Å². The molecule has 2 saturated heterocycles. The summed E-state index contributed by atoms with van der Waals surface area (Å²) in [5.74, 6) is 2.36. The molecule has 1 unspecified atom stereocenters. The molecule has 6 aromatic carbocycles. The molecule has 0 saturated carbocycles. The molecule has 11 rings (SSSR count). The first kappa shape index (κ1) is 62.7. The predicted octanol–water partition coefficient (Wildman–Crippen LogP) is 10.5. The first-order chi connectivity index (χ1) is 43.6. The maximum absolute atomic E-state index is 16.1. The lowest BCUT2D eigenvalue weighted by atomic mass is 9.80. The molecule has 0 radical (unpaired) electrons. The Morgan fingerprint density at radius 2 is 1.32 bits per heavy atom. The van der Waals surface area contributed by atoms with Crippen LogP contribution in [0.3, 0.4) is 0 Å².